The van der Waals surface area contributed by atoms with Crippen LogP contribution < -0.4 is 15.6 Å². The highest BCUT2D eigenvalue weighted by Gasteiger charge is 2.25. The van der Waals surface area contributed by atoms with E-state index in [-0.39, 0.29) is 17.4 Å². The van der Waals surface area contributed by atoms with Crippen LogP contribution in [0.5, 0.6) is 11.6 Å². The van der Waals surface area contributed by atoms with Gasteiger partial charge < -0.3 is 4.74 Å². The first-order valence-corrected chi connectivity index (χ1v) is 8.50. The lowest BCUT2D eigenvalue weighted by molar-refractivity contribution is -0.385. The molecule has 29 heavy (non-hydrogen) atoms. The number of nitrogens with one attached hydrogen (secondary N) is 2. The van der Waals surface area contributed by atoms with Gasteiger partial charge >= 0.3 is 11.6 Å². The van der Waals surface area contributed by atoms with Crippen molar-refractivity contribution in [1.29, 1.82) is 0 Å². The molecule has 0 unspecified atom stereocenters. The molecule has 0 spiro atoms. The third kappa shape index (κ3) is 4.71. The van der Waals surface area contributed by atoms with E-state index < -0.39 is 15.5 Å². The molecule has 3 aromatic rings. The number of non-ortho nitro benzene ring substituents is 1. The Kier molecular flexibility index (Phi) is 5.78. The van der Waals surface area contributed by atoms with Crippen molar-refractivity contribution < 1.29 is 14.6 Å². The fourth-order valence-electron chi connectivity index (χ4n) is 2.40. The highest BCUT2D eigenvalue weighted by Crippen LogP contribution is 2.34. The van der Waals surface area contributed by atoms with Crippen molar-refractivity contribution in [3.63, 3.8) is 0 Å². The molecule has 2 aromatic carbocycles. The van der Waals surface area contributed by atoms with Crippen molar-refractivity contribution in [2.45, 2.75) is 13.3 Å². The van der Waals surface area contributed by atoms with E-state index in [1.165, 1.54) is 24.3 Å². The molecule has 2 N–H and O–H groups in total. The van der Waals surface area contributed by atoms with Crippen LogP contribution in [0.4, 0.5) is 22.9 Å². The van der Waals surface area contributed by atoms with Gasteiger partial charge in [0.25, 0.3) is 5.69 Å². The zero-order valence-corrected chi connectivity index (χ0v) is 15.2. The molecule has 148 valence electrons. The predicted octanol–water partition coefficient (Wildman–Crippen LogP) is 4.09. The SMILES string of the molecule is CCc1ccc(Oc2ncnc(NNc3ccc([N+](=O)[O-])cc3)c2[N+](=O)[O-])cc1. The lowest BCUT2D eigenvalue weighted by atomic mass is 10.2. The van der Waals surface area contributed by atoms with E-state index in [9.17, 15) is 20.2 Å². The molecule has 1 aromatic heterocycles. The molecule has 0 atom stereocenters. The van der Waals surface area contributed by atoms with Crippen LogP contribution in [0, 0.1) is 20.2 Å². The summed E-state index contributed by atoms with van der Waals surface area (Å²) in [5.74, 6) is 0.0593. The van der Waals surface area contributed by atoms with Crippen LogP contribution in [0.3, 0.4) is 0 Å². The second kappa shape index (κ2) is 8.61. The number of ether oxygens (including phenoxy) is 1. The molecule has 0 radical (unpaired) electrons. The second-order valence-electron chi connectivity index (χ2n) is 5.79. The van der Waals surface area contributed by atoms with E-state index in [1.807, 2.05) is 19.1 Å². The molecule has 0 saturated heterocycles. The summed E-state index contributed by atoms with van der Waals surface area (Å²) < 4.78 is 5.57. The van der Waals surface area contributed by atoms with Gasteiger partial charge in [0.15, 0.2) is 0 Å². The molecule has 0 aliphatic carbocycles. The number of nitrogens with zero attached hydrogens (tertiary/aromatic N) is 4. The number of nitro benzene ring substituents is 1. The molecule has 0 amide bonds. The predicted molar refractivity (Wildman–Crippen MR) is 105 cm³/mol. The number of aryl methyl sites for hydroxylation is 1. The van der Waals surface area contributed by atoms with Gasteiger partial charge in [-0.05, 0) is 36.2 Å². The number of aromatic nitrogens is 2. The van der Waals surface area contributed by atoms with Crippen molar-refractivity contribution >= 4 is 22.9 Å². The van der Waals surface area contributed by atoms with Crippen molar-refractivity contribution in [1.82, 2.24) is 9.97 Å². The Labute approximate surface area is 164 Å². The van der Waals surface area contributed by atoms with E-state index in [1.54, 1.807) is 12.1 Å². The molecular formula is C18H16N6O5. The standard InChI is InChI=1S/C18H16N6O5/c1-2-12-3-9-15(10-4-12)29-18-16(24(27)28)17(19-11-20-18)22-21-13-5-7-14(8-6-13)23(25)26/h3-11,21H,2H2,1H3,(H,19,20,22). The van der Waals surface area contributed by atoms with Gasteiger partial charge in [0.1, 0.15) is 12.1 Å². The van der Waals surface area contributed by atoms with Crippen LogP contribution in [-0.2, 0) is 6.42 Å². The topological polar surface area (TPSA) is 145 Å². The molecule has 11 nitrogen and oxygen atoms in total. The number of anilines is 2. The summed E-state index contributed by atoms with van der Waals surface area (Å²) in [6.07, 6.45) is 1.99. The molecule has 1 heterocycles. The van der Waals surface area contributed by atoms with Crippen LogP contribution in [-0.4, -0.2) is 19.8 Å². The first-order valence-electron chi connectivity index (χ1n) is 8.50. The average Bonchev–Trinajstić information content (AvgIpc) is 2.73. The smallest absolute Gasteiger partial charge is 0.374 e. The highest BCUT2D eigenvalue weighted by atomic mass is 16.6. The van der Waals surface area contributed by atoms with Gasteiger partial charge in [-0.1, -0.05) is 19.1 Å². The van der Waals surface area contributed by atoms with Gasteiger partial charge in [0.05, 0.1) is 15.5 Å². The molecule has 0 aliphatic heterocycles. The normalized spacial score (nSPS) is 10.2. The fraction of sp³-hybridized carbons (Fsp3) is 0.111. The summed E-state index contributed by atoms with van der Waals surface area (Å²) in [6.45, 7) is 2.01. The Morgan fingerprint density at radius 2 is 1.62 bits per heavy atom. The molecular weight excluding hydrogens is 380 g/mol. The summed E-state index contributed by atoms with van der Waals surface area (Å²) in [5.41, 5.74) is 6.33. The Balaban J connectivity index is 1.80. The van der Waals surface area contributed by atoms with Crippen molar-refractivity contribution in [2.24, 2.45) is 0 Å². The van der Waals surface area contributed by atoms with Crippen molar-refractivity contribution in [3.8, 4) is 11.6 Å². The van der Waals surface area contributed by atoms with Crippen LogP contribution >= 0.6 is 0 Å². The average molecular weight is 396 g/mol. The quantitative estimate of drug-likeness (QED) is 0.424. The monoisotopic (exact) mass is 396 g/mol. The van der Waals surface area contributed by atoms with E-state index in [4.69, 9.17) is 4.74 Å². The third-order valence-corrected chi connectivity index (χ3v) is 3.92. The summed E-state index contributed by atoms with van der Waals surface area (Å²) in [5, 5.41) is 22.3. The van der Waals surface area contributed by atoms with Gasteiger partial charge in [0, 0.05) is 12.1 Å². The second-order valence-corrected chi connectivity index (χ2v) is 5.79. The van der Waals surface area contributed by atoms with E-state index in [2.05, 4.69) is 20.8 Å². The number of hydrazine groups is 1. The lowest BCUT2D eigenvalue weighted by Crippen LogP contribution is -2.12. The molecule has 11 heteroatoms. The first kappa shape index (κ1) is 19.5. The van der Waals surface area contributed by atoms with Gasteiger partial charge in [-0.3, -0.25) is 31.1 Å². The third-order valence-electron chi connectivity index (χ3n) is 3.92. The lowest BCUT2D eigenvalue weighted by Gasteiger charge is -2.11. The number of benzene rings is 2. The minimum absolute atomic E-state index is 0.0756. The Morgan fingerprint density at radius 3 is 2.21 bits per heavy atom. The molecule has 0 saturated carbocycles. The zero-order valence-electron chi connectivity index (χ0n) is 15.2. The van der Waals surface area contributed by atoms with Crippen molar-refractivity contribution in [3.05, 3.63) is 80.7 Å². The minimum Gasteiger partial charge on any atom is -0.434 e. The number of hydrogen-bond acceptors (Lipinski definition) is 9. The maximum absolute atomic E-state index is 11.6. The van der Waals surface area contributed by atoms with Gasteiger partial charge in [-0.15, -0.1) is 0 Å². The zero-order chi connectivity index (χ0) is 20.8. The molecule has 0 bridgehead atoms. The van der Waals surface area contributed by atoms with E-state index in [0.717, 1.165) is 18.3 Å². The van der Waals surface area contributed by atoms with Crippen LogP contribution in [0.25, 0.3) is 0 Å². The Morgan fingerprint density at radius 1 is 0.931 bits per heavy atom. The molecule has 0 aliphatic rings. The van der Waals surface area contributed by atoms with Gasteiger partial charge in [-0.2, -0.15) is 4.98 Å². The minimum atomic E-state index is -0.657. The van der Waals surface area contributed by atoms with Crippen molar-refractivity contribution in [2.75, 3.05) is 10.9 Å². The van der Waals surface area contributed by atoms with E-state index in [0.29, 0.717) is 11.4 Å². The fourth-order valence-corrected chi connectivity index (χ4v) is 2.40. The maximum Gasteiger partial charge on any atom is 0.374 e. The first-order chi connectivity index (χ1) is 14.0. The number of rotatable bonds is 8. The van der Waals surface area contributed by atoms with Gasteiger partial charge in [-0.25, -0.2) is 4.98 Å². The summed E-state index contributed by atoms with van der Waals surface area (Å²) in [6, 6.07) is 12.6. The van der Waals surface area contributed by atoms with E-state index >= 15 is 0 Å². The van der Waals surface area contributed by atoms with Gasteiger partial charge in [0.2, 0.25) is 5.82 Å². The summed E-state index contributed by atoms with van der Waals surface area (Å²) >= 11 is 0. The largest absolute Gasteiger partial charge is 0.434 e. The number of hydrogen-bond donors (Lipinski definition) is 2. The van der Waals surface area contributed by atoms with Crippen LogP contribution in [0.2, 0.25) is 0 Å². The summed E-state index contributed by atoms with van der Waals surface area (Å²) in [7, 11) is 0. The van der Waals surface area contributed by atoms with Crippen LogP contribution in [0.15, 0.2) is 54.9 Å². The highest BCUT2D eigenvalue weighted by molar-refractivity contribution is 5.64. The Hall–Kier alpha value is -4.28. The molecule has 0 fully saturated rings. The van der Waals surface area contributed by atoms with Crippen LogP contribution in [0.1, 0.15) is 12.5 Å². The summed E-state index contributed by atoms with van der Waals surface area (Å²) in [4.78, 5) is 28.8. The molecule has 3 rings (SSSR count). The number of nitro groups is 2. The maximum atomic E-state index is 11.6. The Bertz CT molecular complexity index is 1020.